The fourth-order valence-corrected chi connectivity index (χ4v) is 2.02. The van der Waals surface area contributed by atoms with E-state index in [0.717, 1.165) is 24.2 Å². The average Bonchev–Trinajstić information content (AvgIpc) is 2.91. The normalized spacial score (nSPS) is 10.7. The van der Waals surface area contributed by atoms with Crippen LogP contribution in [0.3, 0.4) is 0 Å². The molecule has 0 aliphatic rings. The lowest BCUT2D eigenvalue weighted by molar-refractivity contribution is -0.385. The summed E-state index contributed by atoms with van der Waals surface area (Å²) >= 11 is 0. The average molecular weight is 274 g/mol. The van der Waals surface area contributed by atoms with E-state index in [1.165, 1.54) is 6.07 Å². The van der Waals surface area contributed by atoms with E-state index in [2.05, 4.69) is 17.3 Å². The summed E-state index contributed by atoms with van der Waals surface area (Å²) < 4.78 is 1.82. The van der Waals surface area contributed by atoms with E-state index < -0.39 is 0 Å². The van der Waals surface area contributed by atoms with Crippen molar-refractivity contribution in [2.24, 2.45) is 0 Å². The second kappa shape index (κ2) is 6.81. The lowest BCUT2D eigenvalue weighted by Crippen LogP contribution is -2.11. The SMILES string of the molecule is CCNCc1cnn(CCc2ccccc2[N+](=O)[O-])c1. The monoisotopic (exact) mass is 274 g/mol. The van der Waals surface area contributed by atoms with E-state index in [1.807, 2.05) is 23.1 Å². The molecule has 1 N–H and O–H groups in total. The maximum atomic E-state index is 10.9. The smallest absolute Gasteiger partial charge is 0.272 e. The number of nitrogens with one attached hydrogen (secondary N) is 1. The van der Waals surface area contributed by atoms with Gasteiger partial charge in [-0.1, -0.05) is 25.1 Å². The fourth-order valence-electron chi connectivity index (χ4n) is 2.02. The van der Waals surface area contributed by atoms with E-state index in [0.29, 0.717) is 13.0 Å². The molecule has 1 heterocycles. The minimum absolute atomic E-state index is 0.174. The van der Waals surface area contributed by atoms with Crippen molar-refractivity contribution in [3.63, 3.8) is 0 Å². The third-order valence-electron chi connectivity index (χ3n) is 3.06. The van der Waals surface area contributed by atoms with Crippen molar-refractivity contribution in [3.8, 4) is 0 Å². The Balaban J connectivity index is 1.98. The first-order valence-electron chi connectivity index (χ1n) is 6.65. The van der Waals surface area contributed by atoms with Gasteiger partial charge in [-0.25, -0.2) is 0 Å². The van der Waals surface area contributed by atoms with Crippen molar-refractivity contribution in [3.05, 3.63) is 57.9 Å². The van der Waals surface area contributed by atoms with Gasteiger partial charge >= 0.3 is 0 Å². The molecular formula is C14H18N4O2. The van der Waals surface area contributed by atoms with Crippen molar-refractivity contribution in [2.45, 2.75) is 26.4 Å². The first-order chi connectivity index (χ1) is 9.70. The number of nitro benzene ring substituents is 1. The second-order valence-corrected chi connectivity index (χ2v) is 4.53. The molecular weight excluding hydrogens is 256 g/mol. The number of hydrogen-bond acceptors (Lipinski definition) is 4. The zero-order valence-electron chi connectivity index (χ0n) is 11.5. The van der Waals surface area contributed by atoms with Crippen molar-refractivity contribution in [1.29, 1.82) is 0 Å². The Kier molecular flexibility index (Phi) is 4.84. The third kappa shape index (κ3) is 3.64. The Hall–Kier alpha value is -2.21. The number of para-hydroxylation sites is 1. The van der Waals surface area contributed by atoms with Gasteiger partial charge in [0.15, 0.2) is 0 Å². The summed E-state index contributed by atoms with van der Waals surface area (Å²) in [7, 11) is 0. The number of hydrogen-bond donors (Lipinski definition) is 1. The predicted octanol–water partition coefficient (Wildman–Crippen LogP) is 2.14. The van der Waals surface area contributed by atoms with Gasteiger partial charge in [-0.2, -0.15) is 5.10 Å². The maximum Gasteiger partial charge on any atom is 0.272 e. The highest BCUT2D eigenvalue weighted by atomic mass is 16.6. The molecule has 6 nitrogen and oxygen atoms in total. The summed E-state index contributed by atoms with van der Waals surface area (Å²) in [6.45, 7) is 4.40. The molecule has 0 amide bonds. The molecule has 106 valence electrons. The van der Waals surface area contributed by atoms with Crippen LogP contribution in [0.1, 0.15) is 18.1 Å². The minimum Gasteiger partial charge on any atom is -0.313 e. The van der Waals surface area contributed by atoms with Crippen LogP contribution in [0, 0.1) is 10.1 Å². The van der Waals surface area contributed by atoms with E-state index >= 15 is 0 Å². The van der Waals surface area contributed by atoms with Crippen LogP contribution in [0.15, 0.2) is 36.7 Å². The fraction of sp³-hybridized carbons (Fsp3) is 0.357. The Labute approximate surface area is 117 Å². The van der Waals surface area contributed by atoms with E-state index in [1.54, 1.807) is 12.1 Å². The van der Waals surface area contributed by atoms with Crippen LogP contribution < -0.4 is 5.32 Å². The van der Waals surface area contributed by atoms with Crippen LogP contribution in [0.4, 0.5) is 5.69 Å². The van der Waals surface area contributed by atoms with Crippen molar-refractivity contribution in [2.75, 3.05) is 6.54 Å². The first kappa shape index (κ1) is 14.2. The molecule has 0 aliphatic carbocycles. The Morgan fingerprint density at radius 1 is 1.40 bits per heavy atom. The highest BCUT2D eigenvalue weighted by Gasteiger charge is 2.11. The van der Waals surface area contributed by atoms with Gasteiger partial charge in [-0.3, -0.25) is 14.8 Å². The van der Waals surface area contributed by atoms with E-state index in [4.69, 9.17) is 0 Å². The zero-order chi connectivity index (χ0) is 14.4. The number of aromatic nitrogens is 2. The van der Waals surface area contributed by atoms with Crippen molar-refractivity contribution in [1.82, 2.24) is 15.1 Å². The molecule has 0 spiro atoms. The molecule has 2 rings (SSSR count). The molecule has 0 bridgehead atoms. The van der Waals surface area contributed by atoms with Crippen molar-refractivity contribution >= 4 is 5.69 Å². The third-order valence-corrected chi connectivity index (χ3v) is 3.06. The molecule has 2 aromatic rings. The molecule has 1 aromatic carbocycles. The molecule has 0 saturated heterocycles. The van der Waals surface area contributed by atoms with Gasteiger partial charge in [0.1, 0.15) is 0 Å². The van der Waals surface area contributed by atoms with Crippen LogP contribution in [0.25, 0.3) is 0 Å². The van der Waals surface area contributed by atoms with E-state index in [9.17, 15) is 10.1 Å². The second-order valence-electron chi connectivity index (χ2n) is 4.53. The quantitative estimate of drug-likeness (QED) is 0.620. The van der Waals surface area contributed by atoms with Crippen molar-refractivity contribution < 1.29 is 4.92 Å². The number of nitro groups is 1. The zero-order valence-corrected chi connectivity index (χ0v) is 11.5. The van der Waals surface area contributed by atoms with Gasteiger partial charge in [-0.05, 0) is 13.0 Å². The highest BCUT2D eigenvalue weighted by Crippen LogP contribution is 2.18. The molecule has 6 heteroatoms. The maximum absolute atomic E-state index is 10.9. The van der Waals surface area contributed by atoms with E-state index in [-0.39, 0.29) is 10.6 Å². The summed E-state index contributed by atoms with van der Waals surface area (Å²) in [5.41, 5.74) is 2.03. The molecule has 0 radical (unpaired) electrons. The summed E-state index contributed by atoms with van der Waals surface area (Å²) in [6, 6.07) is 6.84. The molecule has 20 heavy (non-hydrogen) atoms. The Bertz CT molecular complexity index is 580. The lowest BCUT2D eigenvalue weighted by atomic mass is 10.1. The number of aryl methyl sites for hydroxylation is 2. The predicted molar refractivity (Wildman–Crippen MR) is 76.4 cm³/mol. The molecule has 0 unspecified atom stereocenters. The number of benzene rings is 1. The Morgan fingerprint density at radius 3 is 2.95 bits per heavy atom. The summed E-state index contributed by atoms with van der Waals surface area (Å²) in [6.07, 6.45) is 4.39. The summed E-state index contributed by atoms with van der Waals surface area (Å²) in [4.78, 5) is 10.6. The highest BCUT2D eigenvalue weighted by molar-refractivity contribution is 5.39. The van der Waals surface area contributed by atoms with Gasteiger partial charge in [0.25, 0.3) is 5.69 Å². The first-order valence-corrected chi connectivity index (χ1v) is 6.65. The van der Waals surface area contributed by atoms with Crippen LogP contribution >= 0.6 is 0 Å². The van der Waals surface area contributed by atoms with Gasteiger partial charge < -0.3 is 5.32 Å². The van der Waals surface area contributed by atoms with Gasteiger partial charge in [0.05, 0.1) is 11.1 Å². The van der Waals surface area contributed by atoms with Crippen LogP contribution in [-0.2, 0) is 19.5 Å². The topological polar surface area (TPSA) is 73.0 Å². The van der Waals surface area contributed by atoms with Crippen LogP contribution in [0.5, 0.6) is 0 Å². The van der Waals surface area contributed by atoms with Gasteiger partial charge in [0.2, 0.25) is 0 Å². The number of rotatable bonds is 7. The van der Waals surface area contributed by atoms with Gasteiger partial charge in [0, 0.05) is 36.5 Å². The van der Waals surface area contributed by atoms with Gasteiger partial charge in [-0.15, -0.1) is 0 Å². The largest absolute Gasteiger partial charge is 0.313 e. The minimum atomic E-state index is -0.338. The Morgan fingerprint density at radius 2 is 2.20 bits per heavy atom. The lowest BCUT2D eigenvalue weighted by Gasteiger charge is -2.03. The molecule has 0 atom stereocenters. The molecule has 1 aromatic heterocycles. The number of nitrogens with zero attached hydrogens (tertiary/aromatic N) is 3. The summed E-state index contributed by atoms with van der Waals surface area (Å²) in [5.74, 6) is 0. The van der Waals surface area contributed by atoms with Crippen LogP contribution in [0.2, 0.25) is 0 Å². The standard InChI is InChI=1S/C14H18N4O2/c1-2-15-9-12-10-16-17(11-12)8-7-13-5-3-4-6-14(13)18(19)20/h3-6,10-11,15H,2,7-9H2,1H3. The van der Waals surface area contributed by atoms with Crippen LogP contribution in [-0.4, -0.2) is 21.2 Å². The molecule has 0 aliphatic heterocycles. The molecule has 0 fully saturated rings. The molecule has 0 saturated carbocycles. The summed E-state index contributed by atoms with van der Waals surface area (Å²) in [5, 5.41) is 18.4.